The second kappa shape index (κ2) is 14.3. The second-order valence-corrected chi connectivity index (χ2v) is 10.7. The molecule has 0 aliphatic heterocycles. The first-order chi connectivity index (χ1) is 19.0. The Hall–Kier alpha value is -4.08. The molecule has 0 saturated heterocycles. The van der Waals surface area contributed by atoms with Gasteiger partial charge in [-0.2, -0.15) is 0 Å². The number of hydrogen-bond donors (Lipinski definition) is 3. The third-order valence-electron chi connectivity index (χ3n) is 6.41. The van der Waals surface area contributed by atoms with E-state index in [2.05, 4.69) is 34.9 Å². The van der Waals surface area contributed by atoms with Crippen molar-refractivity contribution in [2.24, 2.45) is 0 Å². The number of carbonyl (C=O) groups excluding carboxylic acids is 3. The summed E-state index contributed by atoms with van der Waals surface area (Å²) >= 11 is 0. The maximum Gasteiger partial charge on any atom is 0.407 e. The molecule has 3 rings (SSSR count). The zero-order chi connectivity index (χ0) is 29.1. The topological polar surface area (TPSA) is 134 Å². The number of alkyl carbamates (subject to hydrolysis) is 2. The summed E-state index contributed by atoms with van der Waals surface area (Å²) in [6.45, 7) is 5.56. The molecule has 0 radical (unpaired) electrons. The first-order valence-corrected chi connectivity index (χ1v) is 13.6. The lowest BCUT2D eigenvalue weighted by Gasteiger charge is -2.23. The molecule has 0 fully saturated rings. The van der Waals surface area contributed by atoms with Crippen LogP contribution in [0.4, 0.5) is 9.59 Å². The average Bonchev–Trinajstić information content (AvgIpc) is 3.21. The minimum absolute atomic E-state index is 0.00255. The van der Waals surface area contributed by atoms with Crippen LogP contribution in [-0.2, 0) is 19.1 Å². The largest absolute Gasteiger partial charge is 0.480 e. The molecule has 3 amide bonds. The Morgan fingerprint density at radius 3 is 2.05 bits per heavy atom. The van der Waals surface area contributed by atoms with E-state index in [1.807, 2.05) is 24.3 Å². The highest BCUT2D eigenvalue weighted by Crippen LogP contribution is 2.44. The SMILES string of the molecule is CC(C)(C)OC(=O)NCCN(CC(=O)O)C(=O)CCCCCNC(=O)OCC1c2ccccc2-c2ccccc21. The predicted molar refractivity (Wildman–Crippen MR) is 150 cm³/mol. The van der Waals surface area contributed by atoms with Crippen LogP contribution in [0.2, 0.25) is 0 Å². The van der Waals surface area contributed by atoms with E-state index in [-0.39, 0.29) is 37.9 Å². The van der Waals surface area contributed by atoms with Crippen LogP contribution < -0.4 is 10.6 Å². The predicted octanol–water partition coefficient (Wildman–Crippen LogP) is 4.52. The fraction of sp³-hybridized carbons (Fsp3) is 0.467. The number of ether oxygens (including phenoxy) is 2. The molecule has 2 aromatic carbocycles. The van der Waals surface area contributed by atoms with Gasteiger partial charge in [-0.3, -0.25) is 9.59 Å². The van der Waals surface area contributed by atoms with Crippen molar-refractivity contribution in [2.45, 2.75) is 58.0 Å². The van der Waals surface area contributed by atoms with Crippen molar-refractivity contribution in [3.8, 4) is 11.1 Å². The van der Waals surface area contributed by atoms with E-state index in [0.29, 0.717) is 25.8 Å². The molecule has 40 heavy (non-hydrogen) atoms. The average molecular weight is 554 g/mol. The van der Waals surface area contributed by atoms with Crippen LogP contribution in [0.1, 0.15) is 63.5 Å². The van der Waals surface area contributed by atoms with Crippen molar-refractivity contribution < 1.29 is 33.8 Å². The van der Waals surface area contributed by atoms with Crippen molar-refractivity contribution in [2.75, 3.05) is 32.8 Å². The normalized spacial score (nSPS) is 12.2. The number of fused-ring (bicyclic) bond motifs is 3. The lowest BCUT2D eigenvalue weighted by molar-refractivity contribution is -0.144. The zero-order valence-corrected chi connectivity index (χ0v) is 23.4. The van der Waals surface area contributed by atoms with Crippen molar-refractivity contribution in [3.05, 3.63) is 59.7 Å². The number of carboxylic acid groups (broad SMARTS) is 1. The minimum Gasteiger partial charge on any atom is -0.480 e. The summed E-state index contributed by atoms with van der Waals surface area (Å²) < 4.78 is 10.7. The first kappa shape index (κ1) is 30.5. The standard InChI is InChI=1S/C30H39N3O7/c1-30(2,3)40-29(38)32-17-18-33(19-27(35)36)26(34)15-5-4-10-16-31-28(37)39-20-25-23-13-8-6-11-21(23)22-12-7-9-14-24(22)25/h6-9,11-14,25H,4-5,10,15-20H2,1-3H3,(H,31,37)(H,32,38)(H,35,36). The maximum atomic E-state index is 12.5. The summed E-state index contributed by atoms with van der Waals surface area (Å²) in [4.78, 5) is 49.0. The van der Waals surface area contributed by atoms with E-state index < -0.39 is 30.3 Å². The van der Waals surface area contributed by atoms with Gasteiger partial charge >= 0.3 is 18.2 Å². The van der Waals surface area contributed by atoms with E-state index >= 15 is 0 Å². The number of benzene rings is 2. The smallest absolute Gasteiger partial charge is 0.407 e. The molecule has 1 aliphatic rings. The van der Waals surface area contributed by atoms with Gasteiger partial charge in [0.1, 0.15) is 18.8 Å². The Balaban J connectivity index is 1.33. The van der Waals surface area contributed by atoms with Crippen molar-refractivity contribution in [1.82, 2.24) is 15.5 Å². The maximum absolute atomic E-state index is 12.5. The van der Waals surface area contributed by atoms with E-state index in [9.17, 15) is 19.2 Å². The highest BCUT2D eigenvalue weighted by molar-refractivity contribution is 5.81. The van der Waals surface area contributed by atoms with Crippen LogP contribution in [0.15, 0.2) is 48.5 Å². The summed E-state index contributed by atoms with van der Waals surface area (Å²) in [6.07, 6.45) is 0.927. The van der Waals surface area contributed by atoms with Crippen molar-refractivity contribution in [1.29, 1.82) is 0 Å². The Morgan fingerprint density at radius 1 is 0.850 bits per heavy atom. The van der Waals surface area contributed by atoms with Gasteiger partial charge in [-0.15, -0.1) is 0 Å². The summed E-state index contributed by atoms with van der Waals surface area (Å²) in [6, 6.07) is 16.3. The van der Waals surface area contributed by atoms with Gasteiger partial charge in [-0.25, -0.2) is 9.59 Å². The van der Waals surface area contributed by atoms with Crippen molar-refractivity contribution in [3.63, 3.8) is 0 Å². The lowest BCUT2D eigenvalue weighted by Crippen LogP contribution is -2.42. The van der Waals surface area contributed by atoms with Gasteiger partial charge in [0, 0.05) is 32.0 Å². The molecule has 216 valence electrons. The van der Waals surface area contributed by atoms with Crippen LogP contribution in [0, 0.1) is 0 Å². The molecule has 10 nitrogen and oxygen atoms in total. The van der Waals surface area contributed by atoms with Crippen LogP contribution in [0.25, 0.3) is 11.1 Å². The summed E-state index contributed by atoms with van der Waals surface area (Å²) in [7, 11) is 0. The molecule has 10 heteroatoms. The Morgan fingerprint density at radius 2 is 1.45 bits per heavy atom. The Bertz CT molecular complexity index is 1150. The van der Waals surface area contributed by atoms with Gasteiger partial charge in [0.15, 0.2) is 0 Å². The highest BCUT2D eigenvalue weighted by Gasteiger charge is 2.29. The molecule has 0 atom stereocenters. The molecule has 1 aliphatic carbocycles. The summed E-state index contributed by atoms with van der Waals surface area (Å²) in [5.74, 6) is -1.44. The molecule has 0 unspecified atom stereocenters. The molecule has 2 aromatic rings. The van der Waals surface area contributed by atoms with Crippen LogP contribution in [0.3, 0.4) is 0 Å². The van der Waals surface area contributed by atoms with E-state index in [0.717, 1.165) is 11.1 Å². The van der Waals surface area contributed by atoms with Gasteiger partial charge in [-0.1, -0.05) is 55.0 Å². The number of aliphatic carboxylic acids is 1. The quantitative estimate of drug-likeness (QED) is 0.310. The molecule has 0 spiro atoms. The molecule has 0 heterocycles. The zero-order valence-electron chi connectivity index (χ0n) is 23.4. The van der Waals surface area contributed by atoms with Gasteiger partial charge < -0.3 is 30.1 Å². The van der Waals surface area contributed by atoms with Gasteiger partial charge in [-0.05, 0) is 55.9 Å². The van der Waals surface area contributed by atoms with E-state index in [1.54, 1.807) is 20.8 Å². The fourth-order valence-corrected chi connectivity index (χ4v) is 4.64. The number of carbonyl (C=O) groups is 4. The molecule has 0 saturated carbocycles. The monoisotopic (exact) mass is 553 g/mol. The number of rotatable bonds is 13. The van der Waals surface area contributed by atoms with Crippen molar-refractivity contribution >= 4 is 24.1 Å². The fourth-order valence-electron chi connectivity index (χ4n) is 4.64. The molecular weight excluding hydrogens is 514 g/mol. The first-order valence-electron chi connectivity index (χ1n) is 13.6. The second-order valence-electron chi connectivity index (χ2n) is 10.7. The van der Waals surface area contributed by atoms with Crippen LogP contribution >= 0.6 is 0 Å². The third-order valence-corrected chi connectivity index (χ3v) is 6.41. The van der Waals surface area contributed by atoms with Gasteiger partial charge in [0.25, 0.3) is 0 Å². The van der Waals surface area contributed by atoms with Crippen LogP contribution in [0.5, 0.6) is 0 Å². The number of nitrogens with zero attached hydrogens (tertiary/aromatic N) is 1. The molecule has 0 aromatic heterocycles. The van der Waals surface area contributed by atoms with E-state index in [4.69, 9.17) is 14.6 Å². The Labute approximate surface area is 235 Å². The number of amides is 3. The highest BCUT2D eigenvalue weighted by atomic mass is 16.6. The van der Waals surface area contributed by atoms with Gasteiger partial charge in [0.2, 0.25) is 5.91 Å². The summed E-state index contributed by atoms with van der Waals surface area (Å²) in [5.41, 5.74) is 3.99. The molecular formula is C30H39N3O7. The minimum atomic E-state index is -1.13. The Kier molecular flexibility index (Phi) is 10.9. The lowest BCUT2D eigenvalue weighted by atomic mass is 9.98. The van der Waals surface area contributed by atoms with Gasteiger partial charge in [0.05, 0.1) is 0 Å². The van der Waals surface area contributed by atoms with Crippen LogP contribution in [-0.4, -0.2) is 72.5 Å². The number of carboxylic acids is 1. The molecule has 0 bridgehead atoms. The summed E-state index contributed by atoms with van der Waals surface area (Å²) in [5, 5.41) is 14.4. The number of hydrogen-bond acceptors (Lipinski definition) is 6. The van der Waals surface area contributed by atoms with E-state index in [1.165, 1.54) is 16.0 Å². The number of unbranched alkanes of at least 4 members (excludes halogenated alkanes) is 2. The molecule has 3 N–H and O–H groups in total. The number of nitrogens with one attached hydrogen (secondary N) is 2. The third kappa shape index (κ3) is 9.29.